The third-order valence-electron chi connectivity index (χ3n) is 8.13. The van der Waals surface area contributed by atoms with Crippen molar-refractivity contribution < 1.29 is 17.9 Å². The van der Waals surface area contributed by atoms with Crippen LogP contribution in [-0.4, -0.2) is 78.7 Å². The Morgan fingerprint density at radius 3 is 2.71 bits per heavy atom. The first-order valence-electron chi connectivity index (χ1n) is 14.2. The molecular formula is C28H34N8O4S. The van der Waals surface area contributed by atoms with Gasteiger partial charge in [-0.2, -0.15) is 14.6 Å². The van der Waals surface area contributed by atoms with Crippen molar-refractivity contribution in [1.82, 2.24) is 24.6 Å². The van der Waals surface area contributed by atoms with Crippen LogP contribution < -0.4 is 14.5 Å². The number of hydrogen-bond donors (Lipinski definition) is 1. The minimum absolute atomic E-state index is 0.0555. The highest BCUT2D eigenvalue weighted by Crippen LogP contribution is 2.39. The molecule has 216 valence electrons. The maximum atomic E-state index is 12.1. The van der Waals surface area contributed by atoms with Crippen LogP contribution in [0.3, 0.4) is 0 Å². The van der Waals surface area contributed by atoms with E-state index in [0.29, 0.717) is 31.9 Å². The van der Waals surface area contributed by atoms with Crippen LogP contribution in [0.4, 0.5) is 17.6 Å². The smallest absolute Gasteiger partial charge is 0.239 e. The molecule has 4 aromatic rings. The second-order valence-electron chi connectivity index (χ2n) is 11.0. The van der Waals surface area contributed by atoms with Crippen LogP contribution in [0.1, 0.15) is 47.8 Å². The van der Waals surface area contributed by atoms with Gasteiger partial charge in [0.1, 0.15) is 11.6 Å². The van der Waals surface area contributed by atoms with Gasteiger partial charge in [-0.1, -0.05) is 12.1 Å². The molecule has 2 saturated heterocycles. The number of ether oxygens (including phenoxy) is 2. The SMILES string of the molecule is Cc1cccc2nc(NS(C)(=O)=O)nc(N3CCCCC3c3cc4nc5c(c(N6CCOCC6)n4n3)CCOC5)c12. The Kier molecular flexibility index (Phi) is 6.67. The molecule has 41 heavy (non-hydrogen) atoms. The second kappa shape index (κ2) is 10.4. The first-order chi connectivity index (χ1) is 19.9. The molecule has 3 aromatic heterocycles. The summed E-state index contributed by atoms with van der Waals surface area (Å²) in [4.78, 5) is 19.0. The van der Waals surface area contributed by atoms with Gasteiger partial charge in [-0.3, -0.25) is 4.72 Å². The van der Waals surface area contributed by atoms with Gasteiger partial charge in [0.2, 0.25) is 16.0 Å². The first-order valence-corrected chi connectivity index (χ1v) is 16.1. The van der Waals surface area contributed by atoms with Crippen LogP contribution in [-0.2, 0) is 32.5 Å². The number of rotatable bonds is 5. The number of fused-ring (bicyclic) bond motifs is 3. The quantitative estimate of drug-likeness (QED) is 0.378. The lowest BCUT2D eigenvalue weighted by Crippen LogP contribution is -2.39. The first kappa shape index (κ1) is 26.4. The third kappa shape index (κ3) is 4.95. The largest absolute Gasteiger partial charge is 0.378 e. The van der Waals surface area contributed by atoms with Gasteiger partial charge in [0.05, 0.1) is 55.6 Å². The van der Waals surface area contributed by atoms with E-state index in [0.717, 1.165) is 91.2 Å². The van der Waals surface area contributed by atoms with E-state index in [1.165, 1.54) is 5.56 Å². The average molecular weight is 579 g/mol. The van der Waals surface area contributed by atoms with E-state index >= 15 is 0 Å². The average Bonchev–Trinajstić information content (AvgIpc) is 3.38. The molecule has 1 N–H and O–H groups in total. The molecule has 3 aliphatic rings. The van der Waals surface area contributed by atoms with Crippen molar-refractivity contribution in [3.05, 3.63) is 46.8 Å². The van der Waals surface area contributed by atoms with E-state index in [1.54, 1.807) is 0 Å². The van der Waals surface area contributed by atoms with Crippen LogP contribution in [0.2, 0.25) is 0 Å². The maximum absolute atomic E-state index is 12.1. The molecule has 0 aliphatic carbocycles. The number of hydrogen-bond acceptors (Lipinski definition) is 10. The van der Waals surface area contributed by atoms with E-state index in [9.17, 15) is 8.42 Å². The van der Waals surface area contributed by atoms with Gasteiger partial charge in [-0.15, -0.1) is 0 Å². The lowest BCUT2D eigenvalue weighted by Gasteiger charge is -2.36. The van der Waals surface area contributed by atoms with Gasteiger partial charge in [0.15, 0.2) is 5.65 Å². The topological polar surface area (TPSA) is 127 Å². The van der Waals surface area contributed by atoms with Crippen molar-refractivity contribution in [3.8, 4) is 0 Å². The van der Waals surface area contributed by atoms with E-state index in [2.05, 4.69) is 25.6 Å². The van der Waals surface area contributed by atoms with Crippen LogP contribution in [0.15, 0.2) is 24.3 Å². The van der Waals surface area contributed by atoms with Crippen molar-refractivity contribution in [2.45, 2.75) is 45.3 Å². The summed E-state index contributed by atoms with van der Waals surface area (Å²) in [6, 6.07) is 7.90. The molecular weight excluding hydrogens is 544 g/mol. The lowest BCUT2D eigenvalue weighted by molar-refractivity contribution is 0.106. The Bertz CT molecular complexity index is 1730. The number of aryl methyl sites for hydroxylation is 1. The molecule has 1 atom stereocenters. The molecule has 0 radical (unpaired) electrons. The highest BCUT2D eigenvalue weighted by atomic mass is 32.2. The highest BCUT2D eigenvalue weighted by Gasteiger charge is 2.32. The zero-order chi connectivity index (χ0) is 28.1. The van der Waals surface area contributed by atoms with E-state index < -0.39 is 10.0 Å². The Morgan fingerprint density at radius 2 is 1.88 bits per heavy atom. The zero-order valence-electron chi connectivity index (χ0n) is 23.3. The summed E-state index contributed by atoms with van der Waals surface area (Å²) in [7, 11) is -3.55. The molecule has 7 rings (SSSR count). The van der Waals surface area contributed by atoms with Gasteiger partial charge in [-0.05, 0) is 37.8 Å². The van der Waals surface area contributed by atoms with Crippen molar-refractivity contribution in [2.75, 3.05) is 60.2 Å². The molecule has 1 aromatic carbocycles. The van der Waals surface area contributed by atoms with Gasteiger partial charge < -0.3 is 19.3 Å². The van der Waals surface area contributed by atoms with Gasteiger partial charge >= 0.3 is 0 Å². The van der Waals surface area contributed by atoms with E-state index in [4.69, 9.17) is 24.5 Å². The number of benzene rings is 1. The number of piperidine rings is 1. The van der Waals surface area contributed by atoms with Gasteiger partial charge in [0.25, 0.3) is 0 Å². The molecule has 12 nitrogen and oxygen atoms in total. The van der Waals surface area contributed by atoms with Crippen molar-refractivity contribution in [2.24, 2.45) is 0 Å². The fourth-order valence-corrected chi connectivity index (χ4v) is 6.73. The Labute approximate surface area is 238 Å². The summed E-state index contributed by atoms with van der Waals surface area (Å²) < 4.78 is 40.1. The summed E-state index contributed by atoms with van der Waals surface area (Å²) in [5.41, 5.74) is 5.64. The molecule has 13 heteroatoms. The standard InChI is InChI=1S/C28H34N8O4S/c1-18-6-5-7-20-25(18)26(31-28(30-20)33-41(2,37)38)35-10-4-3-8-23(35)21-16-24-29-22-17-40-13-9-19(22)27(36(24)32-21)34-11-14-39-15-12-34/h5-7,16,23H,3-4,8-15,17H2,1-2H3,(H,30,31,33). The fraction of sp³-hybridized carbons (Fsp3) is 0.500. The fourth-order valence-electron chi connectivity index (χ4n) is 6.31. The van der Waals surface area contributed by atoms with Crippen molar-refractivity contribution >= 4 is 44.2 Å². The molecule has 0 saturated carbocycles. The predicted molar refractivity (Wildman–Crippen MR) is 156 cm³/mol. The minimum atomic E-state index is -3.55. The van der Waals surface area contributed by atoms with Gasteiger partial charge in [0, 0.05) is 43.1 Å². The van der Waals surface area contributed by atoms with Crippen LogP contribution in [0, 0.1) is 6.92 Å². The summed E-state index contributed by atoms with van der Waals surface area (Å²) in [5.74, 6) is 1.88. The summed E-state index contributed by atoms with van der Waals surface area (Å²) in [6.45, 7) is 6.96. The molecule has 0 spiro atoms. The number of aromatic nitrogens is 5. The number of nitrogens with zero attached hydrogens (tertiary/aromatic N) is 7. The van der Waals surface area contributed by atoms with Crippen molar-refractivity contribution in [3.63, 3.8) is 0 Å². The molecule has 3 aliphatic heterocycles. The zero-order valence-corrected chi connectivity index (χ0v) is 24.2. The van der Waals surface area contributed by atoms with Crippen LogP contribution in [0.5, 0.6) is 0 Å². The number of anilines is 3. The summed E-state index contributed by atoms with van der Waals surface area (Å²) in [5, 5.41) is 6.13. The maximum Gasteiger partial charge on any atom is 0.239 e. The van der Waals surface area contributed by atoms with Crippen LogP contribution in [0.25, 0.3) is 16.6 Å². The molecule has 0 bridgehead atoms. The van der Waals surface area contributed by atoms with E-state index in [1.807, 2.05) is 29.6 Å². The monoisotopic (exact) mass is 578 g/mol. The Hall–Kier alpha value is -3.55. The number of nitrogens with one attached hydrogen (secondary N) is 1. The summed E-state index contributed by atoms with van der Waals surface area (Å²) >= 11 is 0. The Balaban J connectivity index is 1.37. The predicted octanol–water partition coefficient (Wildman–Crippen LogP) is 2.99. The van der Waals surface area contributed by atoms with Crippen LogP contribution >= 0.6 is 0 Å². The molecule has 0 amide bonds. The van der Waals surface area contributed by atoms with Gasteiger partial charge in [-0.25, -0.2) is 18.4 Å². The lowest BCUT2D eigenvalue weighted by atomic mass is 9.98. The number of morpholine rings is 1. The minimum Gasteiger partial charge on any atom is -0.378 e. The number of sulfonamides is 1. The molecule has 6 heterocycles. The Morgan fingerprint density at radius 1 is 1.02 bits per heavy atom. The summed E-state index contributed by atoms with van der Waals surface area (Å²) in [6.07, 6.45) is 4.86. The van der Waals surface area contributed by atoms with E-state index in [-0.39, 0.29) is 12.0 Å². The normalized spacial score (nSPS) is 20.0. The molecule has 2 fully saturated rings. The third-order valence-corrected chi connectivity index (χ3v) is 8.68. The van der Waals surface area contributed by atoms with Crippen molar-refractivity contribution in [1.29, 1.82) is 0 Å². The molecule has 1 unspecified atom stereocenters. The second-order valence-corrected chi connectivity index (χ2v) is 12.8. The highest BCUT2D eigenvalue weighted by molar-refractivity contribution is 7.92.